The summed E-state index contributed by atoms with van der Waals surface area (Å²) in [5, 5.41) is 11.1. The Bertz CT molecular complexity index is 1190. The van der Waals surface area contributed by atoms with E-state index in [0.717, 1.165) is 13.1 Å². The highest BCUT2D eigenvalue weighted by Crippen LogP contribution is 2.35. The number of aromatic hydroxyl groups is 1. The number of fused-ring (bicyclic) bond motifs is 1. The maximum atomic E-state index is 13.5. The lowest BCUT2D eigenvalue weighted by Gasteiger charge is -2.35. The van der Waals surface area contributed by atoms with Gasteiger partial charge in [-0.25, -0.2) is 0 Å². The van der Waals surface area contributed by atoms with Crippen molar-refractivity contribution in [2.45, 2.75) is 33.7 Å². The molecule has 0 aliphatic carbocycles. The molecular formula is C26H31NO5. The summed E-state index contributed by atoms with van der Waals surface area (Å²) in [6.45, 7) is 8.78. The number of hydrogen-bond donors (Lipinski definition) is 1. The van der Waals surface area contributed by atoms with Crippen LogP contribution >= 0.6 is 0 Å². The van der Waals surface area contributed by atoms with Crippen molar-refractivity contribution in [3.05, 3.63) is 51.9 Å². The minimum Gasteiger partial charge on any atom is -0.507 e. The van der Waals surface area contributed by atoms with E-state index in [-0.39, 0.29) is 11.2 Å². The second-order valence-electron chi connectivity index (χ2n) is 9.01. The summed E-state index contributed by atoms with van der Waals surface area (Å²) in [5.41, 5.74) is 2.18. The zero-order valence-electron chi connectivity index (χ0n) is 19.4. The van der Waals surface area contributed by atoms with Crippen LogP contribution in [0.15, 0.2) is 39.5 Å². The molecule has 0 bridgehead atoms. The van der Waals surface area contributed by atoms with Gasteiger partial charge in [0.2, 0.25) is 5.43 Å². The van der Waals surface area contributed by atoms with Gasteiger partial charge in [-0.3, -0.25) is 9.69 Å². The fourth-order valence-corrected chi connectivity index (χ4v) is 5.04. The molecule has 0 radical (unpaired) electrons. The largest absolute Gasteiger partial charge is 0.507 e. The van der Waals surface area contributed by atoms with E-state index in [1.165, 1.54) is 6.42 Å². The van der Waals surface area contributed by atoms with Gasteiger partial charge in [0.05, 0.1) is 30.7 Å². The first-order valence-electron chi connectivity index (χ1n) is 11.0. The summed E-state index contributed by atoms with van der Waals surface area (Å²) in [6.07, 6.45) is 1.21. The lowest BCUT2D eigenvalue weighted by atomic mass is 9.91. The van der Waals surface area contributed by atoms with Crippen molar-refractivity contribution < 1.29 is 19.0 Å². The zero-order chi connectivity index (χ0) is 23.0. The number of ether oxygens (including phenoxy) is 2. The topological polar surface area (TPSA) is 72.1 Å². The van der Waals surface area contributed by atoms with E-state index in [0.29, 0.717) is 63.3 Å². The Labute approximate surface area is 188 Å². The summed E-state index contributed by atoms with van der Waals surface area (Å²) < 4.78 is 16.9. The third-order valence-corrected chi connectivity index (χ3v) is 6.31. The van der Waals surface area contributed by atoms with E-state index < -0.39 is 0 Å². The van der Waals surface area contributed by atoms with Crippen molar-refractivity contribution in [2.75, 3.05) is 27.3 Å². The molecule has 1 N–H and O–H groups in total. The monoisotopic (exact) mass is 437 g/mol. The zero-order valence-corrected chi connectivity index (χ0v) is 19.4. The van der Waals surface area contributed by atoms with E-state index in [4.69, 9.17) is 13.9 Å². The third-order valence-electron chi connectivity index (χ3n) is 6.31. The Morgan fingerprint density at radius 1 is 1.06 bits per heavy atom. The fourth-order valence-electron chi connectivity index (χ4n) is 5.04. The number of piperidine rings is 1. The Hall–Kier alpha value is -2.99. The Morgan fingerprint density at radius 2 is 1.75 bits per heavy atom. The molecule has 2 aromatic carbocycles. The van der Waals surface area contributed by atoms with Gasteiger partial charge in [0.25, 0.3) is 0 Å². The van der Waals surface area contributed by atoms with Crippen molar-refractivity contribution in [3.63, 3.8) is 0 Å². The summed E-state index contributed by atoms with van der Waals surface area (Å²) in [7, 11) is 3.14. The van der Waals surface area contributed by atoms with Gasteiger partial charge >= 0.3 is 0 Å². The average molecular weight is 438 g/mol. The number of phenols is 1. The van der Waals surface area contributed by atoms with E-state index in [1.54, 1.807) is 45.4 Å². The van der Waals surface area contributed by atoms with E-state index in [2.05, 4.69) is 18.7 Å². The van der Waals surface area contributed by atoms with Crippen LogP contribution in [-0.4, -0.2) is 37.3 Å². The number of likely N-dealkylation sites (tertiary alicyclic amines) is 1. The molecule has 0 amide bonds. The molecule has 1 fully saturated rings. The number of methoxy groups -OCH3 is 2. The van der Waals surface area contributed by atoms with Crippen molar-refractivity contribution in [3.8, 4) is 28.4 Å². The van der Waals surface area contributed by atoms with Crippen LogP contribution in [0.4, 0.5) is 0 Å². The molecule has 2 heterocycles. The normalized spacial score (nSPS) is 19.3. The highest BCUT2D eigenvalue weighted by Gasteiger charge is 2.25. The molecule has 3 aromatic rings. The molecule has 2 atom stereocenters. The number of rotatable bonds is 5. The SMILES string of the molecule is COc1ccc(-c2c(C)oc3c(CN4CC(C)CC(C)C4)c(O)ccc3c2=O)cc1OC. The first-order chi connectivity index (χ1) is 15.3. The van der Waals surface area contributed by atoms with Gasteiger partial charge in [0.1, 0.15) is 17.1 Å². The van der Waals surface area contributed by atoms with E-state index in [9.17, 15) is 9.90 Å². The molecule has 0 saturated carbocycles. The molecular weight excluding hydrogens is 406 g/mol. The quantitative estimate of drug-likeness (QED) is 0.608. The Balaban J connectivity index is 1.82. The van der Waals surface area contributed by atoms with Crippen molar-refractivity contribution in [1.29, 1.82) is 0 Å². The van der Waals surface area contributed by atoms with Gasteiger partial charge in [0, 0.05) is 19.6 Å². The summed E-state index contributed by atoms with van der Waals surface area (Å²) in [5.74, 6) is 2.99. The van der Waals surface area contributed by atoms with Gasteiger partial charge in [-0.1, -0.05) is 19.9 Å². The number of nitrogens with zero attached hydrogens (tertiary/aromatic N) is 1. The van der Waals surface area contributed by atoms with Crippen molar-refractivity contribution >= 4 is 11.0 Å². The molecule has 32 heavy (non-hydrogen) atoms. The average Bonchev–Trinajstić information content (AvgIpc) is 2.75. The lowest BCUT2D eigenvalue weighted by Crippen LogP contribution is -2.38. The van der Waals surface area contributed by atoms with Crippen LogP contribution in [0.2, 0.25) is 0 Å². The molecule has 1 aromatic heterocycles. The van der Waals surface area contributed by atoms with Crippen molar-refractivity contribution in [2.24, 2.45) is 11.8 Å². The first-order valence-corrected chi connectivity index (χ1v) is 11.0. The molecule has 1 aliphatic rings. The predicted molar refractivity (Wildman–Crippen MR) is 126 cm³/mol. The minimum absolute atomic E-state index is 0.127. The van der Waals surface area contributed by atoms with Crippen LogP contribution in [0.25, 0.3) is 22.1 Å². The Morgan fingerprint density at radius 3 is 2.41 bits per heavy atom. The first kappa shape index (κ1) is 22.2. The smallest absolute Gasteiger partial charge is 0.200 e. The van der Waals surface area contributed by atoms with E-state index in [1.807, 2.05) is 6.07 Å². The molecule has 2 unspecified atom stereocenters. The molecule has 6 heteroatoms. The van der Waals surface area contributed by atoms with Crippen LogP contribution in [0.1, 0.15) is 31.6 Å². The van der Waals surface area contributed by atoms with Crippen LogP contribution in [-0.2, 0) is 6.54 Å². The molecule has 6 nitrogen and oxygen atoms in total. The van der Waals surface area contributed by atoms with Gasteiger partial charge in [-0.2, -0.15) is 0 Å². The highest BCUT2D eigenvalue weighted by atomic mass is 16.5. The fraction of sp³-hybridized carbons (Fsp3) is 0.423. The second-order valence-corrected chi connectivity index (χ2v) is 9.01. The summed E-state index contributed by atoms with van der Waals surface area (Å²) in [4.78, 5) is 15.9. The second kappa shape index (κ2) is 8.87. The molecule has 1 saturated heterocycles. The summed E-state index contributed by atoms with van der Waals surface area (Å²) in [6, 6.07) is 8.62. The molecule has 170 valence electrons. The molecule has 4 rings (SSSR count). The van der Waals surface area contributed by atoms with Crippen molar-refractivity contribution in [1.82, 2.24) is 4.90 Å². The van der Waals surface area contributed by atoms with Crippen LogP contribution in [0.5, 0.6) is 17.2 Å². The summed E-state index contributed by atoms with van der Waals surface area (Å²) >= 11 is 0. The minimum atomic E-state index is -0.127. The maximum absolute atomic E-state index is 13.5. The number of aryl methyl sites for hydroxylation is 1. The van der Waals surface area contributed by atoms with Gasteiger partial charge in [-0.15, -0.1) is 0 Å². The van der Waals surface area contributed by atoms with Crippen LogP contribution < -0.4 is 14.9 Å². The molecule has 1 aliphatic heterocycles. The Kier molecular flexibility index (Phi) is 6.15. The molecule has 0 spiro atoms. The predicted octanol–water partition coefficient (Wildman–Crippen LogP) is 4.97. The van der Waals surface area contributed by atoms with Gasteiger partial charge < -0.3 is 19.0 Å². The van der Waals surface area contributed by atoms with Crippen LogP contribution in [0, 0.1) is 18.8 Å². The third kappa shape index (κ3) is 4.07. The van der Waals surface area contributed by atoms with Gasteiger partial charge in [-0.05, 0) is 55.0 Å². The number of benzene rings is 2. The number of hydrogen-bond acceptors (Lipinski definition) is 6. The number of phenolic OH excluding ortho intramolecular Hbond substituents is 1. The maximum Gasteiger partial charge on any atom is 0.200 e. The van der Waals surface area contributed by atoms with Gasteiger partial charge in [0.15, 0.2) is 11.5 Å². The standard InChI is InChI=1S/C26H31NO5/c1-15-10-16(2)13-27(12-15)14-20-21(28)8-7-19-25(29)24(17(3)32-26(19)20)18-6-9-22(30-4)23(11-18)31-5/h6-9,11,15-16,28H,10,12-14H2,1-5H3. The van der Waals surface area contributed by atoms with Crippen LogP contribution in [0.3, 0.4) is 0 Å². The highest BCUT2D eigenvalue weighted by molar-refractivity contribution is 5.87. The lowest BCUT2D eigenvalue weighted by molar-refractivity contribution is 0.133. The van der Waals surface area contributed by atoms with E-state index >= 15 is 0 Å².